The van der Waals surface area contributed by atoms with Crippen LogP contribution in [0.1, 0.15) is 23.4 Å². The lowest BCUT2D eigenvalue weighted by molar-refractivity contribution is -0.134. The monoisotopic (exact) mass is 339 g/mol. The standard InChI is InChI=1S/C18H17N3O2S/c1-12-13-7-9-24-17(13)6-8-20(12)18(23)11-21-15-5-3-2-4-14(15)16(22)10-19-21/h2-5,7,9-10,12H,6,8,11H2,1H3/t12-/m1/s1. The molecule has 1 aliphatic rings. The van der Waals surface area contributed by atoms with Gasteiger partial charge in [-0.15, -0.1) is 11.3 Å². The Morgan fingerprint density at radius 2 is 2.17 bits per heavy atom. The molecule has 3 heterocycles. The Balaban J connectivity index is 1.64. The van der Waals surface area contributed by atoms with Crippen molar-refractivity contribution < 1.29 is 4.79 Å². The topological polar surface area (TPSA) is 55.2 Å². The van der Waals surface area contributed by atoms with Crippen LogP contribution in [-0.4, -0.2) is 27.1 Å². The molecule has 0 unspecified atom stereocenters. The van der Waals surface area contributed by atoms with E-state index in [2.05, 4.69) is 23.5 Å². The van der Waals surface area contributed by atoms with Crippen molar-refractivity contribution in [3.05, 3.63) is 62.6 Å². The minimum atomic E-state index is -0.122. The number of hydrogen-bond acceptors (Lipinski definition) is 4. The van der Waals surface area contributed by atoms with Gasteiger partial charge in [0.05, 0.1) is 17.8 Å². The molecule has 1 atom stereocenters. The Morgan fingerprint density at radius 3 is 3.04 bits per heavy atom. The maximum absolute atomic E-state index is 12.8. The Kier molecular flexibility index (Phi) is 3.69. The number of carbonyl (C=O) groups is 1. The fourth-order valence-electron chi connectivity index (χ4n) is 3.36. The highest BCUT2D eigenvalue weighted by atomic mass is 32.1. The summed E-state index contributed by atoms with van der Waals surface area (Å²) in [5, 5.41) is 6.84. The lowest BCUT2D eigenvalue weighted by Gasteiger charge is -2.33. The van der Waals surface area contributed by atoms with Gasteiger partial charge >= 0.3 is 0 Å². The molecule has 0 radical (unpaired) electrons. The first-order valence-electron chi connectivity index (χ1n) is 7.96. The number of carbonyl (C=O) groups excluding carboxylic acids is 1. The van der Waals surface area contributed by atoms with E-state index in [1.54, 1.807) is 22.1 Å². The quantitative estimate of drug-likeness (QED) is 0.721. The molecule has 0 bridgehead atoms. The van der Waals surface area contributed by atoms with Crippen molar-refractivity contribution in [2.75, 3.05) is 6.54 Å². The van der Waals surface area contributed by atoms with Crippen LogP contribution in [0.2, 0.25) is 0 Å². The van der Waals surface area contributed by atoms with E-state index >= 15 is 0 Å². The minimum Gasteiger partial charge on any atom is -0.334 e. The van der Waals surface area contributed by atoms with Gasteiger partial charge < -0.3 is 4.90 Å². The zero-order valence-corrected chi connectivity index (χ0v) is 14.1. The van der Waals surface area contributed by atoms with Crippen molar-refractivity contribution in [1.82, 2.24) is 14.7 Å². The smallest absolute Gasteiger partial charge is 0.244 e. The largest absolute Gasteiger partial charge is 0.334 e. The number of nitrogens with zero attached hydrogens (tertiary/aromatic N) is 3. The first kappa shape index (κ1) is 15.1. The second-order valence-corrected chi connectivity index (χ2v) is 7.00. The number of rotatable bonds is 2. The highest BCUT2D eigenvalue weighted by molar-refractivity contribution is 7.10. The average Bonchev–Trinajstić information content (AvgIpc) is 3.07. The molecule has 6 heteroatoms. The highest BCUT2D eigenvalue weighted by Gasteiger charge is 2.28. The molecule has 0 N–H and O–H groups in total. The number of hydrogen-bond donors (Lipinski definition) is 0. The SMILES string of the molecule is C[C@@H]1c2ccsc2CCN1C(=O)Cn1ncc(=O)c2ccccc21. The first-order chi connectivity index (χ1) is 11.6. The summed E-state index contributed by atoms with van der Waals surface area (Å²) in [5.41, 5.74) is 1.82. The molecular weight excluding hydrogens is 322 g/mol. The molecule has 1 aromatic carbocycles. The van der Waals surface area contributed by atoms with Gasteiger partial charge in [-0.25, -0.2) is 0 Å². The summed E-state index contributed by atoms with van der Waals surface area (Å²) in [6, 6.07) is 9.46. The maximum atomic E-state index is 12.8. The molecule has 0 saturated carbocycles. The average molecular weight is 339 g/mol. The fraction of sp³-hybridized carbons (Fsp3) is 0.278. The Hall–Kier alpha value is -2.47. The summed E-state index contributed by atoms with van der Waals surface area (Å²) in [7, 11) is 0. The summed E-state index contributed by atoms with van der Waals surface area (Å²) in [6.07, 6.45) is 2.19. The lowest BCUT2D eigenvalue weighted by atomic mass is 10.0. The maximum Gasteiger partial charge on any atom is 0.244 e. The van der Waals surface area contributed by atoms with E-state index in [1.165, 1.54) is 16.6 Å². The summed E-state index contributed by atoms with van der Waals surface area (Å²) in [6.45, 7) is 2.94. The van der Waals surface area contributed by atoms with E-state index in [4.69, 9.17) is 0 Å². The number of benzene rings is 1. The molecular formula is C18H17N3O2S. The van der Waals surface area contributed by atoms with Crippen molar-refractivity contribution in [2.24, 2.45) is 0 Å². The van der Waals surface area contributed by atoms with Crippen molar-refractivity contribution in [1.29, 1.82) is 0 Å². The number of aromatic nitrogens is 2. The second-order valence-electron chi connectivity index (χ2n) is 6.00. The van der Waals surface area contributed by atoms with Crippen molar-refractivity contribution >= 4 is 28.1 Å². The number of fused-ring (bicyclic) bond motifs is 2. The van der Waals surface area contributed by atoms with Gasteiger partial charge in [-0.3, -0.25) is 14.3 Å². The predicted molar refractivity (Wildman–Crippen MR) is 94.2 cm³/mol. The summed E-state index contributed by atoms with van der Waals surface area (Å²) in [4.78, 5) is 28.0. The van der Waals surface area contributed by atoms with Crippen LogP contribution in [0.3, 0.4) is 0 Å². The molecule has 0 saturated heterocycles. The van der Waals surface area contributed by atoms with Crippen molar-refractivity contribution in [3.8, 4) is 0 Å². The minimum absolute atomic E-state index is 0.0284. The molecule has 2 aromatic heterocycles. The summed E-state index contributed by atoms with van der Waals surface area (Å²) in [5.74, 6) is 0.0284. The van der Waals surface area contributed by atoms with Crippen molar-refractivity contribution in [2.45, 2.75) is 25.9 Å². The van der Waals surface area contributed by atoms with E-state index in [9.17, 15) is 9.59 Å². The molecule has 1 aliphatic heterocycles. The first-order valence-corrected chi connectivity index (χ1v) is 8.83. The van der Waals surface area contributed by atoms with E-state index in [0.29, 0.717) is 10.9 Å². The molecule has 3 aromatic rings. The molecule has 122 valence electrons. The normalized spacial score (nSPS) is 17.0. The predicted octanol–water partition coefficient (Wildman–Crippen LogP) is 2.60. The van der Waals surface area contributed by atoms with Crippen LogP contribution < -0.4 is 5.43 Å². The fourth-order valence-corrected chi connectivity index (χ4v) is 4.32. The van der Waals surface area contributed by atoms with Crippen LogP contribution in [0.25, 0.3) is 10.9 Å². The highest BCUT2D eigenvalue weighted by Crippen LogP contribution is 2.32. The Morgan fingerprint density at radius 1 is 1.33 bits per heavy atom. The zero-order chi connectivity index (χ0) is 16.7. The lowest BCUT2D eigenvalue weighted by Crippen LogP contribution is -2.40. The van der Waals surface area contributed by atoms with Crippen LogP contribution in [0.15, 0.2) is 46.7 Å². The van der Waals surface area contributed by atoms with E-state index < -0.39 is 0 Å². The summed E-state index contributed by atoms with van der Waals surface area (Å²) < 4.78 is 1.62. The second kappa shape index (κ2) is 5.87. The van der Waals surface area contributed by atoms with Gasteiger partial charge in [-0.05, 0) is 42.5 Å². The summed E-state index contributed by atoms with van der Waals surface area (Å²) >= 11 is 1.76. The van der Waals surface area contributed by atoms with E-state index in [1.807, 2.05) is 23.1 Å². The van der Waals surface area contributed by atoms with E-state index in [0.717, 1.165) is 13.0 Å². The van der Waals surface area contributed by atoms with Crippen LogP contribution in [0, 0.1) is 0 Å². The van der Waals surface area contributed by atoms with Gasteiger partial charge in [0, 0.05) is 16.8 Å². The molecule has 0 spiro atoms. The van der Waals surface area contributed by atoms with Gasteiger partial charge in [0.15, 0.2) is 0 Å². The van der Waals surface area contributed by atoms with Gasteiger partial charge in [-0.1, -0.05) is 12.1 Å². The third-order valence-corrected chi connectivity index (χ3v) is 5.64. The molecule has 1 amide bonds. The van der Waals surface area contributed by atoms with Crippen molar-refractivity contribution in [3.63, 3.8) is 0 Å². The molecule has 4 rings (SSSR count). The molecule has 0 fully saturated rings. The van der Waals surface area contributed by atoms with Crippen LogP contribution >= 0.6 is 11.3 Å². The molecule has 0 aliphatic carbocycles. The van der Waals surface area contributed by atoms with Gasteiger partial charge in [0.1, 0.15) is 6.54 Å². The third-order valence-electron chi connectivity index (χ3n) is 4.64. The van der Waals surface area contributed by atoms with Crippen LogP contribution in [0.4, 0.5) is 0 Å². The number of thiophene rings is 1. The molecule has 24 heavy (non-hydrogen) atoms. The van der Waals surface area contributed by atoms with Crippen LogP contribution in [0.5, 0.6) is 0 Å². The van der Waals surface area contributed by atoms with Gasteiger partial charge in [0.25, 0.3) is 0 Å². The Labute approximate surface area is 143 Å². The van der Waals surface area contributed by atoms with Crippen LogP contribution in [-0.2, 0) is 17.8 Å². The molecule has 5 nitrogen and oxygen atoms in total. The van der Waals surface area contributed by atoms with Gasteiger partial charge in [0.2, 0.25) is 11.3 Å². The van der Waals surface area contributed by atoms with Gasteiger partial charge in [-0.2, -0.15) is 5.10 Å². The number of amides is 1. The third kappa shape index (κ3) is 2.43. The van der Waals surface area contributed by atoms with E-state index in [-0.39, 0.29) is 23.9 Å². The Bertz CT molecular complexity index is 976. The zero-order valence-electron chi connectivity index (χ0n) is 13.3. The number of para-hydroxylation sites is 1.